The highest BCUT2D eigenvalue weighted by Crippen LogP contribution is 2.40. The summed E-state index contributed by atoms with van der Waals surface area (Å²) in [6, 6.07) is 0.801. The largest absolute Gasteiger partial charge is 0.433 e. The number of rotatable bonds is 5. The maximum absolute atomic E-state index is 13.2. The van der Waals surface area contributed by atoms with Crippen molar-refractivity contribution in [3.05, 3.63) is 48.2 Å². The Hall–Kier alpha value is -3.70. The molecule has 1 saturated carbocycles. The van der Waals surface area contributed by atoms with Gasteiger partial charge in [-0.15, -0.1) is 5.10 Å². The highest BCUT2D eigenvalue weighted by atomic mass is 19.4. The van der Waals surface area contributed by atoms with E-state index in [1.807, 2.05) is 0 Å². The van der Waals surface area contributed by atoms with Gasteiger partial charge < -0.3 is 5.73 Å². The molecule has 0 saturated heterocycles. The van der Waals surface area contributed by atoms with Crippen LogP contribution in [0.4, 0.5) is 13.2 Å². The molecule has 0 bridgehead atoms. The average molecular weight is 402 g/mol. The van der Waals surface area contributed by atoms with Gasteiger partial charge in [0.05, 0.1) is 5.57 Å². The molecule has 0 radical (unpaired) electrons. The first-order chi connectivity index (χ1) is 13.8. The average Bonchev–Trinajstić information content (AvgIpc) is 3.44. The Labute approximate surface area is 161 Å². The number of nitrogens with two attached hydrogens (primary N) is 1. The van der Waals surface area contributed by atoms with Crippen LogP contribution in [0.2, 0.25) is 0 Å². The number of amides is 1. The molecule has 12 heteroatoms. The minimum Gasteiger partial charge on any atom is -0.366 e. The van der Waals surface area contributed by atoms with E-state index in [0.29, 0.717) is 5.56 Å². The zero-order valence-corrected chi connectivity index (χ0v) is 14.7. The number of hydrogen-bond donors (Lipinski definition) is 1. The zero-order chi connectivity index (χ0) is 20.6. The third kappa shape index (κ3) is 4.10. The van der Waals surface area contributed by atoms with Gasteiger partial charge in [-0.05, 0) is 18.9 Å². The second-order valence-electron chi connectivity index (χ2n) is 6.35. The number of carbonyl (C=O) groups excluding carboxylic acids is 1. The Morgan fingerprint density at radius 2 is 1.93 bits per heavy atom. The van der Waals surface area contributed by atoms with E-state index in [-0.39, 0.29) is 28.8 Å². The number of halogens is 3. The fourth-order valence-electron chi connectivity index (χ4n) is 2.56. The minimum atomic E-state index is -4.61. The summed E-state index contributed by atoms with van der Waals surface area (Å²) in [5.41, 5.74) is 4.71. The highest BCUT2D eigenvalue weighted by molar-refractivity contribution is 6.22. The van der Waals surface area contributed by atoms with Crippen LogP contribution in [0.3, 0.4) is 0 Å². The third-order valence-corrected chi connectivity index (χ3v) is 4.11. The van der Waals surface area contributed by atoms with Gasteiger partial charge in [-0.2, -0.15) is 13.2 Å². The molecular weight excluding hydrogens is 389 g/mol. The van der Waals surface area contributed by atoms with Crippen LogP contribution in [-0.4, -0.2) is 40.6 Å². The van der Waals surface area contributed by atoms with Gasteiger partial charge in [0.1, 0.15) is 29.9 Å². The maximum Gasteiger partial charge on any atom is 0.433 e. The Bertz CT molecular complexity index is 1090. The van der Waals surface area contributed by atoms with Crippen LogP contribution in [0.25, 0.3) is 23.3 Å². The van der Waals surface area contributed by atoms with Gasteiger partial charge in [0.15, 0.2) is 5.82 Å². The molecule has 1 fully saturated rings. The first-order valence-electron chi connectivity index (χ1n) is 8.46. The molecule has 2 N–H and O–H groups in total. The molecule has 148 valence electrons. The fourth-order valence-corrected chi connectivity index (χ4v) is 2.56. The quantitative estimate of drug-likeness (QED) is 0.646. The lowest BCUT2D eigenvalue weighted by molar-refractivity contribution is -0.141. The van der Waals surface area contributed by atoms with Crippen molar-refractivity contribution in [2.45, 2.75) is 24.9 Å². The van der Waals surface area contributed by atoms with Crippen LogP contribution < -0.4 is 5.73 Å². The number of carbonyl (C=O) groups is 1. The molecule has 3 aromatic rings. The van der Waals surface area contributed by atoms with Crippen molar-refractivity contribution in [1.82, 2.24) is 34.7 Å². The first-order valence-corrected chi connectivity index (χ1v) is 8.46. The summed E-state index contributed by atoms with van der Waals surface area (Å²) in [6.07, 6.45) is 3.46. The highest BCUT2D eigenvalue weighted by Gasteiger charge is 2.36. The minimum absolute atomic E-state index is 0.0378. The summed E-state index contributed by atoms with van der Waals surface area (Å²) in [5.74, 6) is -0.753. The van der Waals surface area contributed by atoms with E-state index < -0.39 is 17.8 Å². The molecule has 9 nitrogen and oxygen atoms in total. The van der Waals surface area contributed by atoms with E-state index >= 15 is 0 Å². The van der Waals surface area contributed by atoms with Crippen molar-refractivity contribution < 1.29 is 18.0 Å². The van der Waals surface area contributed by atoms with Gasteiger partial charge in [-0.25, -0.2) is 29.6 Å². The van der Waals surface area contributed by atoms with Crippen LogP contribution in [0.5, 0.6) is 0 Å². The number of nitrogens with zero attached hydrogens (tertiary/aromatic N) is 7. The van der Waals surface area contributed by atoms with Crippen LogP contribution in [0.1, 0.15) is 35.8 Å². The van der Waals surface area contributed by atoms with E-state index in [0.717, 1.165) is 23.6 Å². The molecular formula is C17H13F3N8O. The standard InChI is InChI=1S/C17H13F3N8O/c18-17(19,20)13-3-12(25-15(26-13)9-1-2-9)16-24-8-28(27-16)6-11(14(21)29)10-4-22-7-23-5-10/h3-9H,1-2H2,(H2,21,29)/b11-6+. The Kier molecular flexibility index (Phi) is 4.53. The van der Waals surface area contributed by atoms with Crippen LogP contribution >= 0.6 is 0 Å². The first kappa shape index (κ1) is 18.7. The molecule has 0 aliphatic heterocycles. The Morgan fingerprint density at radius 3 is 2.55 bits per heavy atom. The molecule has 0 aromatic carbocycles. The van der Waals surface area contributed by atoms with Gasteiger partial charge in [0.25, 0.3) is 5.91 Å². The molecule has 0 atom stereocenters. The van der Waals surface area contributed by atoms with Crippen molar-refractivity contribution in [3.63, 3.8) is 0 Å². The Balaban J connectivity index is 1.72. The van der Waals surface area contributed by atoms with Gasteiger partial charge in [0.2, 0.25) is 0 Å². The fraction of sp³-hybridized carbons (Fsp3) is 0.235. The summed E-state index contributed by atoms with van der Waals surface area (Å²) in [4.78, 5) is 31.2. The molecule has 1 aliphatic carbocycles. The molecule has 1 aliphatic rings. The van der Waals surface area contributed by atoms with Crippen molar-refractivity contribution in [3.8, 4) is 11.5 Å². The predicted molar refractivity (Wildman–Crippen MR) is 93.4 cm³/mol. The Morgan fingerprint density at radius 1 is 1.21 bits per heavy atom. The van der Waals surface area contributed by atoms with Crippen molar-refractivity contribution in [1.29, 1.82) is 0 Å². The topological polar surface area (TPSA) is 125 Å². The van der Waals surface area contributed by atoms with Gasteiger partial charge in [-0.3, -0.25) is 4.79 Å². The monoisotopic (exact) mass is 402 g/mol. The molecule has 3 heterocycles. The number of alkyl halides is 3. The number of primary amides is 1. The molecule has 0 spiro atoms. The van der Waals surface area contributed by atoms with E-state index in [4.69, 9.17) is 5.73 Å². The molecule has 0 unspecified atom stereocenters. The van der Waals surface area contributed by atoms with Crippen LogP contribution in [-0.2, 0) is 11.0 Å². The van der Waals surface area contributed by atoms with Crippen molar-refractivity contribution in [2.24, 2.45) is 5.73 Å². The van der Waals surface area contributed by atoms with Crippen LogP contribution in [0.15, 0.2) is 31.1 Å². The lowest BCUT2D eigenvalue weighted by Gasteiger charge is -2.08. The van der Waals surface area contributed by atoms with Crippen molar-refractivity contribution in [2.75, 3.05) is 0 Å². The summed E-state index contributed by atoms with van der Waals surface area (Å²) in [7, 11) is 0. The van der Waals surface area contributed by atoms with E-state index in [9.17, 15) is 18.0 Å². The number of hydrogen-bond acceptors (Lipinski definition) is 7. The van der Waals surface area contributed by atoms with Crippen LogP contribution in [0, 0.1) is 0 Å². The molecule has 29 heavy (non-hydrogen) atoms. The lowest BCUT2D eigenvalue weighted by Crippen LogP contribution is -2.14. The second-order valence-corrected chi connectivity index (χ2v) is 6.35. The molecule has 3 aromatic heterocycles. The van der Waals surface area contributed by atoms with Gasteiger partial charge in [-0.1, -0.05) is 0 Å². The van der Waals surface area contributed by atoms with E-state index in [2.05, 4.69) is 30.0 Å². The van der Waals surface area contributed by atoms with E-state index in [1.165, 1.54) is 31.2 Å². The summed E-state index contributed by atoms with van der Waals surface area (Å²) in [5, 5.41) is 4.10. The van der Waals surface area contributed by atoms with Crippen molar-refractivity contribution >= 4 is 17.7 Å². The normalized spacial score (nSPS) is 14.8. The lowest BCUT2D eigenvalue weighted by atomic mass is 10.1. The molecule has 4 rings (SSSR count). The second kappa shape index (κ2) is 7.04. The zero-order valence-electron chi connectivity index (χ0n) is 14.7. The SMILES string of the molecule is NC(=O)/C(=C/n1cnc(-c2cc(C(F)(F)F)nc(C3CC3)n2)n1)c1cncnc1. The summed E-state index contributed by atoms with van der Waals surface area (Å²) < 4.78 is 40.7. The van der Waals surface area contributed by atoms with E-state index in [1.54, 1.807) is 0 Å². The van der Waals surface area contributed by atoms with Gasteiger partial charge in [0, 0.05) is 30.1 Å². The smallest absolute Gasteiger partial charge is 0.366 e. The van der Waals surface area contributed by atoms with Gasteiger partial charge >= 0.3 is 6.18 Å². The predicted octanol–water partition coefficient (Wildman–Crippen LogP) is 1.90. The third-order valence-electron chi connectivity index (χ3n) is 4.11. The maximum atomic E-state index is 13.2. The number of aromatic nitrogens is 7. The molecule has 1 amide bonds. The summed E-state index contributed by atoms with van der Waals surface area (Å²) in [6.45, 7) is 0. The summed E-state index contributed by atoms with van der Waals surface area (Å²) >= 11 is 0.